The molecule has 1 aromatic carbocycles. The Morgan fingerprint density at radius 3 is 2.60 bits per heavy atom. The van der Waals surface area contributed by atoms with Crippen LogP contribution in [-0.4, -0.2) is 19.3 Å². The van der Waals surface area contributed by atoms with Crippen LogP contribution in [0.1, 0.15) is 58.1 Å². The van der Waals surface area contributed by atoms with Crippen LogP contribution in [0.2, 0.25) is 5.02 Å². The normalized spacial score (nSPS) is 15.1. The lowest BCUT2D eigenvalue weighted by molar-refractivity contribution is 0.516. The molecule has 1 N–H and O–H groups in total. The molecule has 0 saturated heterocycles. The predicted octanol–water partition coefficient (Wildman–Crippen LogP) is 6.50. The van der Waals surface area contributed by atoms with Crippen LogP contribution in [0.3, 0.4) is 0 Å². The first-order chi connectivity index (χ1) is 14.2. The van der Waals surface area contributed by atoms with Gasteiger partial charge in [-0.1, -0.05) is 45.2 Å². The lowest BCUT2D eigenvalue weighted by Gasteiger charge is -2.19. The van der Waals surface area contributed by atoms with E-state index in [4.69, 9.17) is 16.6 Å². The molecule has 0 amide bonds. The number of fused-ring (bicyclic) bond motifs is 1. The molecule has 2 aromatic heterocycles. The van der Waals surface area contributed by atoms with Crippen molar-refractivity contribution in [1.29, 1.82) is 0 Å². The smallest absolute Gasteiger partial charge is 0.271 e. The summed E-state index contributed by atoms with van der Waals surface area (Å²) in [5, 5.41) is 4.33. The summed E-state index contributed by atoms with van der Waals surface area (Å²) >= 11 is 8.06. The molecule has 4 rings (SSSR count). The number of nitrogens with one attached hydrogen (secondary N) is 1. The van der Waals surface area contributed by atoms with Crippen molar-refractivity contribution in [3.63, 3.8) is 0 Å². The van der Waals surface area contributed by atoms with E-state index in [1.807, 2.05) is 11.8 Å². The van der Waals surface area contributed by atoms with Crippen LogP contribution in [0.25, 0.3) is 11.0 Å². The SMILES string of the molecule is Cc1cc(SC(C)(C)C)ccc1Nc1ncc2cc(Cl)c(=O)n(C3CCCC3)c2n1. The number of aryl methyl sites for hydroxylation is 1. The van der Waals surface area contributed by atoms with Crippen molar-refractivity contribution < 1.29 is 0 Å². The summed E-state index contributed by atoms with van der Waals surface area (Å²) in [5.74, 6) is 0.482. The van der Waals surface area contributed by atoms with Gasteiger partial charge in [0.05, 0.1) is 0 Å². The van der Waals surface area contributed by atoms with Crippen molar-refractivity contribution in [2.75, 3.05) is 5.32 Å². The van der Waals surface area contributed by atoms with Gasteiger partial charge in [0.1, 0.15) is 10.7 Å². The third kappa shape index (κ3) is 4.49. The lowest BCUT2D eigenvalue weighted by atomic mass is 10.2. The molecule has 0 radical (unpaired) electrons. The second-order valence-electron chi connectivity index (χ2n) is 8.89. The van der Waals surface area contributed by atoms with Crippen molar-refractivity contribution in [2.24, 2.45) is 0 Å². The molecular formula is C23H27ClN4OS. The summed E-state index contributed by atoms with van der Waals surface area (Å²) in [6, 6.07) is 8.16. The van der Waals surface area contributed by atoms with E-state index in [1.54, 1.807) is 16.8 Å². The third-order valence-electron chi connectivity index (χ3n) is 5.29. The number of rotatable bonds is 4. The van der Waals surface area contributed by atoms with Gasteiger partial charge in [-0.2, -0.15) is 4.98 Å². The maximum Gasteiger partial charge on any atom is 0.271 e. The highest BCUT2D eigenvalue weighted by Crippen LogP contribution is 2.34. The van der Waals surface area contributed by atoms with Crippen LogP contribution in [0.15, 0.2) is 40.2 Å². The predicted molar refractivity (Wildman–Crippen MR) is 126 cm³/mol. The molecule has 2 heterocycles. The Morgan fingerprint density at radius 1 is 1.20 bits per heavy atom. The number of nitrogens with zero attached hydrogens (tertiary/aromatic N) is 3. The van der Waals surface area contributed by atoms with E-state index in [-0.39, 0.29) is 21.4 Å². The minimum absolute atomic E-state index is 0.150. The Hall–Kier alpha value is -2.05. The monoisotopic (exact) mass is 442 g/mol. The van der Waals surface area contributed by atoms with Crippen molar-refractivity contribution in [1.82, 2.24) is 14.5 Å². The van der Waals surface area contributed by atoms with Gasteiger partial charge >= 0.3 is 0 Å². The number of aromatic nitrogens is 3. The Labute approximate surface area is 186 Å². The molecular weight excluding hydrogens is 416 g/mol. The van der Waals surface area contributed by atoms with E-state index in [0.29, 0.717) is 11.6 Å². The lowest BCUT2D eigenvalue weighted by Crippen LogP contribution is -2.25. The molecule has 0 spiro atoms. The first-order valence-electron chi connectivity index (χ1n) is 10.4. The number of hydrogen-bond donors (Lipinski definition) is 1. The first-order valence-corrected chi connectivity index (χ1v) is 11.6. The average molecular weight is 443 g/mol. The van der Waals surface area contributed by atoms with Gasteiger partial charge in [0.2, 0.25) is 5.95 Å². The molecule has 1 saturated carbocycles. The molecule has 1 fully saturated rings. The number of pyridine rings is 1. The zero-order valence-corrected chi connectivity index (χ0v) is 19.4. The van der Waals surface area contributed by atoms with Crippen LogP contribution < -0.4 is 10.9 Å². The summed E-state index contributed by atoms with van der Waals surface area (Å²) in [5.41, 5.74) is 2.56. The second-order valence-corrected chi connectivity index (χ2v) is 11.2. The summed E-state index contributed by atoms with van der Waals surface area (Å²) in [7, 11) is 0. The van der Waals surface area contributed by atoms with E-state index in [2.05, 4.69) is 56.2 Å². The van der Waals surface area contributed by atoms with Crippen LogP contribution in [0.4, 0.5) is 11.6 Å². The first kappa shape index (κ1) is 21.2. The quantitative estimate of drug-likeness (QED) is 0.467. The van der Waals surface area contributed by atoms with Crippen LogP contribution in [0.5, 0.6) is 0 Å². The van der Waals surface area contributed by atoms with Crippen molar-refractivity contribution in [3.8, 4) is 0 Å². The molecule has 158 valence electrons. The number of halogens is 1. The molecule has 0 unspecified atom stereocenters. The summed E-state index contributed by atoms with van der Waals surface area (Å²) in [6.07, 6.45) is 5.95. The van der Waals surface area contributed by atoms with Gasteiger partial charge in [0, 0.05) is 33.0 Å². The molecule has 7 heteroatoms. The van der Waals surface area contributed by atoms with Gasteiger partial charge in [0.15, 0.2) is 0 Å². The molecule has 1 aliphatic carbocycles. The number of hydrogen-bond acceptors (Lipinski definition) is 5. The molecule has 5 nitrogen and oxygen atoms in total. The van der Waals surface area contributed by atoms with E-state index in [1.165, 1.54) is 4.90 Å². The zero-order valence-electron chi connectivity index (χ0n) is 17.8. The van der Waals surface area contributed by atoms with Gasteiger partial charge in [-0.15, -0.1) is 11.8 Å². The van der Waals surface area contributed by atoms with Gasteiger partial charge in [-0.3, -0.25) is 9.36 Å². The van der Waals surface area contributed by atoms with Crippen LogP contribution in [0, 0.1) is 6.92 Å². The maximum atomic E-state index is 12.8. The van der Waals surface area contributed by atoms with Crippen molar-refractivity contribution >= 4 is 46.0 Å². The molecule has 3 aromatic rings. The van der Waals surface area contributed by atoms with Crippen molar-refractivity contribution in [3.05, 3.63) is 51.4 Å². The van der Waals surface area contributed by atoms with E-state index < -0.39 is 0 Å². The fourth-order valence-electron chi connectivity index (χ4n) is 3.96. The standard InChI is InChI=1S/C23H27ClN4OS/c1-14-11-17(30-23(2,3)4)9-10-19(14)26-22-25-13-15-12-18(24)21(29)28(20(15)27-22)16-7-5-6-8-16/h9-13,16H,5-8H2,1-4H3,(H,25,26,27). The highest BCUT2D eigenvalue weighted by atomic mass is 35.5. The van der Waals surface area contributed by atoms with Crippen LogP contribution >= 0.6 is 23.4 Å². The van der Waals surface area contributed by atoms with Gasteiger partial charge < -0.3 is 5.32 Å². The Bertz CT molecular complexity index is 1150. The van der Waals surface area contributed by atoms with Gasteiger partial charge in [-0.25, -0.2) is 4.98 Å². The van der Waals surface area contributed by atoms with E-state index in [0.717, 1.165) is 42.3 Å². The van der Waals surface area contributed by atoms with Crippen LogP contribution in [-0.2, 0) is 0 Å². The summed E-state index contributed by atoms with van der Waals surface area (Å²) < 4.78 is 1.93. The zero-order chi connectivity index (χ0) is 21.5. The minimum Gasteiger partial charge on any atom is -0.324 e. The third-order valence-corrected chi connectivity index (χ3v) is 6.66. The average Bonchev–Trinajstić information content (AvgIpc) is 3.18. The van der Waals surface area contributed by atoms with E-state index >= 15 is 0 Å². The Kier molecular flexibility index (Phi) is 5.82. The number of benzene rings is 1. The fourth-order valence-corrected chi connectivity index (χ4v) is 5.25. The highest BCUT2D eigenvalue weighted by Gasteiger charge is 2.22. The van der Waals surface area contributed by atoms with Gasteiger partial charge in [0.25, 0.3) is 5.56 Å². The molecule has 1 aliphatic rings. The molecule has 0 bridgehead atoms. The molecule has 0 atom stereocenters. The van der Waals surface area contributed by atoms with Gasteiger partial charge in [-0.05, 0) is 49.6 Å². The number of anilines is 2. The summed E-state index contributed by atoms with van der Waals surface area (Å²) in [6.45, 7) is 8.69. The van der Waals surface area contributed by atoms with E-state index in [9.17, 15) is 4.79 Å². The minimum atomic E-state index is -0.166. The largest absolute Gasteiger partial charge is 0.324 e. The molecule has 0 aliphatic heterocycles. The summed E-state index contributed by atoms with van der Waals surface area (Å²) in [4.78, 5) is 23.2. The number of thioether (sulfide) groups is 1. The second kappa shape index (κ2) is 8.23. The maximum absolute atomic E-state index is 12.8. The highest BCUT2D eigenvalue weighted by molar-refractivity contribution is 8.00. The topological polar surface area (TPSA) is 59.8 Å². The van der Waals surface area contributed by atoms with Crippen molar-refractivity contribution in [2.45, 2.75) is 69.1 Å². The molecule has 30 heavy (non-hydrogen) atoms. The fraction of sp³-hybridized carbons (Fsp3) is 0.435. The Balaban J connectivity index is 1.69. The Morgan fingerprint density at radius 2 is 1.93 bits per heavy atom.